The minimum Gasteiger partial charge on any atom is -0.349 e. The smallest absolute Gasteiger partial charge is 0.222 e. The summed E-state index contributed by atoms with van der Waals surface area (Å²) < 4.78 is 0. The molecule has 0 heterocycles. The molecule has 2 atom stereocenters. The molecule has 2 aliphatic carbocycles. The zero-order valence-corrected chi connectivity index (χ0v) is 10.1. The first-order valence-electron chi connectivity index (χ1n) is 6.34. The van der Waals surface area contributed by atoms with Crippen molar-refractivity contribution in [2.75, 3.05) is 14.1 Å². The van der Waals surface area contributed by atoms with Gasteiger partial charge in [-0.2, -0.15) is 0 Å². The first-order valence-corrected chi connectivity index (χ1v) is 6.34. The average molecular weight is 209 g/mol. The highest BCUT2D eigenvalue weighted by molar-refractivity contribution is 5.76. The molecular weight excluding hydrogens is 186 g/mol. The van der Waals surface area contributed by atoms with E-state index in [1.54, 1.807) is 4.90 Å². The summed E-state index contributed by atoms with van der Waals surface area (Å²) in [4.78, 5) is 13.5. The maximum Gasteiger partial charge on any atom is 0.222 e. The van der Waals surface area contributed by atoms with E-state index in [1.165, 1.54) is 44.9 Å². The fraction of sp³-hybridized carbons (Fsp3) is 0.923. The van der Waals surface area contributed by atoms with E-state index in [9.17, 15) is 4.79 Å². The fourth-order valence-electron chi connectivity index (χ4n) is 3.13. The molecule has 2 rings (SSSR count). The van der Waals surface area contributed by atoms with Crippen LogP contribution < -0.4 is 0 Å². The summed E-state index contributed by atoms with van der Waals surface area (Å²) in [6.45, 7) is 0. The number of rotatable bonds is 2. The summed E-state index contributed by atoms with van der Waals surface area (Å²) in [5, 5.41) is 0. The molecule has 0 bridgehead atoms. The molecule has 0 spiro atoms. The highest BCUT2D eigenvalue weighted by atomic mass is 16.2. The van der Waals surface area contributed by atoms with E-state index in [4.69, 9.17) is 0 Å². The number of hydrogen-bond acceptors (Lipinski definition) is 1. The molecule has 2 nitrogen and oxygen atoms in total. The maximum absolute atomic E-state index is 11.8. The number of hydrogen-bond donors (Lipinski definition) is 0. The summed E-state index contributed by atoms with van der Waals surface area (Å²) in [7, 11) is 3.75. The lowest BCUT2D eigenvalue weighted by Crippen LogP contribution is -2.25. The van der Waals surface area contributed by atoms with Crippen molar-refractivity contribution in [3.05, 3.63) is 0 Å². The van der Waals surface area contributed by atoms with Crippen LogP contribution in [0.15, 0.2) is 0 Å². The van der Waals surface area contributed by atoms with Gasteiger partial charge in [0, 0.05) is 20.5 Å². The monoisotopic (exact) mass is 209 g/mol. The van der Waals surface area contributed by atoms with Crippen LogP contribution in [0.2, 0.25) is 0 Å². The van der Waals surface area contributed by atoms with Gasteiger partial charge in [-0.05, 0) is 30.6 Å². The van der Waals surface area contributed by atoms with Crippen molar-refractivity contribution < 1.29 is 4.79 Å². The number of nitrogens with zero attached hydrogens (tertiary/aromatic N) is 1. The van der Waals surface area contributed by atoms with Gasteiger partial charge in [0.15, 0.2) is 0 Å². The van der Waals surface area contributed by atoms with E-state index in [-0.39, 0.29) is 0 Å². The average Bonchev–Trinajstić information content (AvgIpc) is 2.78. The SMILES string of the molecule is CN(C)C(=O)CC12CCCCCCC1C2. The third-order valence-electron chi connectivity index (χ3n) is 4.34. The van der Waals surface area contributed by atoms with Crippen LogP contribution >= 0.6 is 0 Å². The quantitative estimate of drug-likeness (QED) is 0.685. The van der Waals surface area contributed by atoms with Gasteiger partial charge in [-0.15, -0.1) is 0 Å². The Labute approximate surface area is 93.0 Å². The van der Waals surface area contributed by atoms with Crippen molar-refractivity contribution in [2.45, 2.75) is 51.4 Å². The van der Waals surface area contributed by atoms with Crippen molar-refractivity contribution in [2.24, 2.45) is 11.3 Å². The van der Waals surface area contributed by atoms with Crippen LogP contribution in [0.25, 0.3) is 0 Å². The lowest BCUT2D eigenvalue weighted by Gasteiger charge is -2.21. The highest BCUT2D eigenvalue weighted by Gasteiger charge is 2.53. The van der Waals surface area contributed by atoms with Crippen LogP contribution in [0.1, 0.15) is 51.4 Å². The van der Waals surface area contributed by atoms with E-state index in [0.717, 1.165) is 12.3 Å². The third kappa shape index (κ3) is 2.35. The van der Waals surface area contributed by atoms with Crippen molar-refractivity contribution in [3.63, 3.8) is 0 Å². The van der Waals surface area contributed by atoms with Gasteiger partial charge >= 0.3 is 0 Å². The van der Waals surface area contributed by atoms with Gasteiger partial charge in [0.1, 0.15) is 0 Å². The van der Waals surface area contributed by atoms with Crippen LogP contribution in [0.3, 0.4) is 0 Å². The second-order valence-corrected chi connectivity index (χ2v) is 5.68. The summed E-state index contributed by atoms with van der Waals surface area (Å²) in [5.74, 6) is 1.21. The highest BCUT2D eigenvalue weighted by Crippen LogP contribution is 2.61. The van der Waals surface area contributed by atoms with E-state index < -0.39 is 0 Å². The Kier molecular flexibility index (Phi) is 3.03. The molecule has 0 aromatic heterocycles. The van der Waals surface area contributed by atoms with Crippen LogP contribution in [-0.4, -0.2) is 24.9 Å². The Morgan fingerprint density at radius 2 is 2.00 bits per heavy atom. The Morgan fingerprint density at radius 1 is 1.27 bits per heavy atom. The normalized spacial score (nSPS) is 34.9. The molecule has 2 heteroatoms. The molecule has 2 unspecified atom stereocenters. The lowest BCUT2D eigenvalue weighted by molar-refractivity contribution is -0.130. The molecule has 15 heavy (non-hydrogen) atoms. The van der Waals surface area contributed by atoms with Gasteiger partial charge < -0.3 is 4.90 Å². The van der Waals surface area contributed by atoms with Crippen molar-refractivity contribution in [1.82, 2.24) is 4.90 Å². The molecule has 0 saturated heterocycles. The van der Waals surface area contributed by atoms with Crippen LogP contribution in [0, 0.1) is 11.3 Å². The molecule has 0 aromatic carbocycles. The fourth-order valence-corrected chi connectivity index (χ4v) is 3.13. The zero-order chi connectivity index (χ0) is 10.9. The van der Waals surface area contributed by atoms with E-state index in [1.807, 2.05) is 14.1 Å². The summed E-state index contributed by atoms with van der Waals surface area (Å²) in [6.07, 6.45) is 10.3. The van der Waals surface area contributed by atoms with Crippen LogP contribution in [0.5, 0.6) is 0 Å². The number of carbonyl (C=O) groups excluding carboxylic acids is 1. The van der Waals surface area contributed by atoms with Gasteiger partial charge in [0.25, 0.3) is 0 Å². The Hall–Kier alpha value is -0.530. The Balaban J connectivity index is 1.92. The summed E-state index contributed by atoms with van der Waals surface area (Å²) in [5.41, 5.74) is 0.432. The number of fused-ring (bicyclic) bond motifs is 1. The molecule has 0 N–H and O–H groups in total. The predicted octanol–water partition coefficient (Wildman–Crippen LogP) is 2.83. The topological polar surface area (TPSA) is 20.3 Å². The van der Waals surface area contributed by atoms with Gasteiger partial charge in [0.05, 0.1) is 0 Å². The predicted molar refractivity (Wildman–Crippen MR) is 61.6 cm³/mol. The molecule has 2 saturated carbocycles. The minimum atomic E-state index is 0.332. The first-order chi connectivity index (χ1) is 7.14. The second kappa shape index (κ2) is 4.15. The first kappa shape index (κ1) is 11.0. The maximum atomic E-state index is 11.8. The standard InChI is InChI=1S/C13H23NO/c1-14(2)12(15)10-13-8-6-4-3-5-7-11(13)9-13/h11H,3-10H2,1-2H3. The van der Waals surface area contributed by atoms with Gasteiger partial charge in [-0.3, -0.25) is 4.79 Å². The number of carbonyl (C=O) groups is 1. The number of amides is 1. The summed E-state index contributed by atoms with van der Waals surface area (Å²) in [6, 6.07) is 0. The van der Waals surface area contributed by atoms with Crippen molar-refractivity contribution in [1.29, 1.82) is 0 Å². The molecule has 2 aliphatic rings. The largest absolute Gasteiger partial charge is 0.349 e. The van der Waals surface area contributed by atoms with Crippen molar-refractivity contribution >= 4 is 5.91 Å². The van der Waals surface area contributed by atoms with E-state index >= 15 is 0 Å². The molecule has 0 aromatic rings. The van der Waals surface area contributed by atoms with Gasteiger partial charge in [0.2, 0.25) is 5.91 Å². The minimum absolute atomic E-state index is 0.332. The molecule has 86 valence electrons. The van der Waals surface area contributed by atoms with Crippen molar-refractivity contribution in [3.8, 4) is 0 Å². The molecule has 0 aliphatic heterocycles. The van der Waals surface area contributed by atoms with Crippen LogP contribution in [0.4, 0.5) is 0 Å². The Morgan fingerprint density at radius 3 is 2.73 bits per heavy atom. The van der Waals surface area contributed by atoms with E-state index in [0.29, 0.717) is 11.3 Å². The molecule has 1 amide bonds. The molecule has 0 radical (unpaired) electrons. The van der Waals surface area contributed by atoms with Crippen LogP contribution in [-0.2, 0) is 4.79 Å². The Bertz CT molecular complexity index is 249. The van der Waals surface area contributed by atoms with E-state index in [2.05, 4.69) is 0 Å². The zero-order valence-electron chi connectivity index (χ0n) is 10.1. The summed E-state index contributed by atoms with van der Waals surface area (Å²) >= 11 is 0. The lowest BCUT2D eigenvalue weighted by atomic mass is 9.87. The van der Waals surface area contributed by atoms with Gasteiger partial charge in [-0.1, -0.05) is 25.7 Å². The second-order valence-electron chi connectivity index (χ2n) is 5.68. The third-order valence-corrected chi connectivity index (χ3v) is 4.34. The molecule has 2 fully saturated rings. The molecular formula is C13H23NO. The van der Waals surface area contributed by atoms with Gasteiger partial charge in [-0.25, -0.2) is 0 Å².